The highest BCUT2D eigenvalue weighted by molar-refractivity contribution is 5.66. The molecule has 23 heavy (non-hydrogen) atoms. The molecule has 6 heteroatoms. The molecule has 0 unspecified atom stereocenters. The second-order valence-electron chi connectivity index (χ2n) is 5.24. The third-order valence-electron chi connectivity index (χ3n) is 3.16. The van der Waals surface area contributed by atoms with Crippen LogP contribution in [0.3, 0.4) is 0 Å². The van der Waals surface area contributed by atoms with Crippen LogP contribution in [0.2, 0.25) is 0 Å². The van der Waals surface area contributed by atoms with Gasteiger partial charge in [-0.2, -0.15) is 0 Å². The largest absolute Gasteiger partial charge is 0.463 e. The summed E-state index contributed by atoms with van der Waals surface area (Å²) in [5, 5.41) is 0. The molecule has 0 aromatic heterocycles. The van der Waals surface area contributed by atoms with Crippen molar-refractivity contribution in [2.45, 2.75) is 39.3 Å². The molecule has 6 nitrogen and oxygen atoms in total. The zero-order chi connectivity index (χ0) is 16.8. The molecule has 0 amide bonds. The summed E-state index contributed by atoms with van der Waals surface area (Å²) in [7, 11) is 0. The molecule has 1 heterocycles. The van der Waals surface area contributed by atoms with Crippen LogP contribution >= 0.6 is 0 Å². The van der Waals surface area contributed by atoms with Crippen LogP contribution in [0, 0.1) is 6.92 Å². The lowest BCUT2D eigenvalue weighted by molar-refractivity contribution is -0.178. The van der Waals surface area contributed by atoms with Crippen molar-refractivity contribution in [3.63, 3.8) is 0 Å². The molecule has 0 fully saturated rings. The van der Waals surface area contributed by atoms with E-state index in [-0.39, 0.29) is 6.61 Å². The Balaban J connectivity index is 2.03. The Hall–Kier alpha value is -2.34. The molecule has 0 bridgehead atoms. The number of rotatable bonds is 5. The van der Waals surface area contributed by atoms with E-state index in [1.807, 2.05) is 31.2 Å². The summed E-state index contributed by atoms with van der Waals surface area (Å²) in [6.45, 7) is 4.58. The summed E-state index contributed by atoms with van der Waals surface area (Å²) < 4.78 is 21.5. The molecule has 1 aromatic carbocycles. The molecular weight excluding hydrogens is 300 g/mol. The molecule has 0 saturated heterocycles. The molecule has 3 atom stereocenters. The zero-order valence-corrected chi connectivity index (χ0v) is 13.4. The SMILES string of the molecule is CC(=O)OC[C@H]1O[C@H](Oc2ccc(C)cc2)C=C[C@@H]1OC(C)=O. The van der Waals surface area contributed by atoms with E-state index in [9.17, 15) is 9.59 Å². The number of ether oxygens (including phenoxy) is 4. The molecule has 0 N–H and O–H groups in total. The van der Waals surface area contributed by atoms with E-state index in [4.69, 9.17) is 18.9 Å². The Bertz CT molecular complexity index is 577. The number of carbonyl (C=O) groups is 2. The van der Waals surface area contributed by atoms with Crippen molar-refractivity contribution in [2.75, 3.05) is 6.61 Å². The maximum absolute atomic E-state index is 11.1. The van der Waals surface area contributed by atoms with Crippen molar-refractivity contribution in [1.82, 2.24) is 0 Å². The number of carbonyl (C=O) groups excluding carboxylic acids is 2. The van der Waals surface area contributed by atoms with Gasteiger partial charge in [0, 0.05) is 13.8 Å². The van der Waals surface area contributed by atoms with Gasteiger partial charge in [0.1, 0.15) is 24.6 Å². The van der Waals surface area contributed by atoms with Gasteiger partial charge in [-0.3, -0.25) is 9.59 Å². The van der Waals surface area contributed by atoms with Gasteiger partial charge in [0.05, 0.1) is 0 Å². The van der Waals surface area contributed by atoms with Gasteiger partial charge in [0.2, 0.25) is 6.29 Å². The predicted molar refractivity (Wildman–Crippen MR) is 81.8 cm³/mol. The van der Waals surface area contributed by atoms with E-state index in [0.29, 0.717) is 5.75 Å². The minimum Gasteiger partial charge on any atom is -0.463 e. The van der Waals surface area contributed by atoms with Crippen LogP contribution in [0.1, 0.15) is 19.4 Å². The van der Waals surface area contributed by atoms with Crippen molar-refractivity contribution in [1.29, 1.82) is 0 Å². The number of aryl methyl sites for hydroxylation is 1. The van der Waals surface area contributed by atoms with Crippen molar-refractivity contribution >= 4 is 11.9 Å². The minimum atomic E-state index is -0.648. The molecule has 0 spiro atoms. The number of hydrogen-bond donors (Lipinski definition) is 0. The molecular formula is C17H20O6. The van der Waals surface area contributed by atoms with E-state index in [1.165, 1.54) is 13.8 Å². The number of hydrogen-bond acceptors (Lipinski definition) is 6. The lowest BCUT2D eigenvalue weighted by Crippen LogP contribution is -2.42. The second-order valence-corrected chi connectivity index (χ2v) is 5.24. The summed E-state index contributed by atoms with van der Waals surface area (Å²) in [6, 6.07) is 7.54. The highest BCUT2D eigenvalue weighted by Crippen LogP contribution is 2.21. The van der Waals surface area contributed by atoms with Crippen molar-refractivity contribution < 1.29 is 28.5 Å². The van der Waals surface area contributed by atoms with Crippen molar-refractivity contribution in [2.24, 2.45) is 0 Å². The highest BCUT2D eigenvalue weighted by Gasteiger charge is 2.31. The first-order chi connectivity index (χ1) is 10.9. The second kappa shape index (κ2) is 7.78. The van der Waals surface area contributed by atoms with E-state index >= 15 is 0 Å². The first kappa shape index (κ1) is 17.0. The topological polar surface area (TPSA) is 71.1 Å². The summed E-state index contributed by atoms with van der Waals surface area (Å²) >= 11 is 0. The van der Waals surface area contributed by atoms with Gasteiger partial charge >= 0.3 is 11.9 Å². The van der Waals surface area contributed by atoms with Crippen molar-refractivity contribution in [3.8, 4) is 5.75 Å². The van der Waals surface area contributed by atoms with Gasteiger partial charge in [-0.05, 0) is 31.2 Å². The Morgan fingerprint density at radius 1 is 1.09 bits per heavy atom. The molecule has 124 valence electrons. The minimum absolute atomic E-state index is 0.0224. The quantitative estimate of drug-likeness (QED) is 0.611. The Morgan fingerprint density at radius 2 is 1.78 bits per heavy atom. The van der Waals surface area contributed by atoms with Crippen LogP contribution in [0.5, 0.6) is 5.75 Å². The van der Waals surface area contributed by atoms with E-state index in [2.05, 4.69) is 0 Å². The van der Waals surface area contributed by atoms with Crippen LogP contribution in [-0.4, -0.2) is 37.0 Å². The summed E-state index contributed by atoms with van der Waals surface area (Å²) in [5.41, 5.74) is 1.13. The van der Waals surface area contributed by atoms with Gasteiger partial charge in [-0.25, -0.2) is 0 Å². The van der Waals surface area contributed by atoms with Gasteiger partial charge in [0.15, 0.2) is 0 Å². The molecule has 0 saturated carbocycles. The van der Waals surface area contributed by atoms with Crippen LogP contribution in [0.15, 0.2) is 36.4 Å². The maximum Gasteiger partial charge on any atom is 0.303 e. The van der Waals surface area contributed by atoms with Crippen LogP contribution in [-0.2, 0) is 23.8 Å². The molecule has 0 radical (unpaired) electrons. The Kier molecular flexibility index (Phi) is 5.76. The fraction of sp³-hybridized carbons (Fsp3) is 0.412. The van der Waals surface area contributed by atoms with Gasteiger partial charge in [0.25, 0.3) is 0 Å². The Labute approximate surface area is 135 Å². The first-order valence-corrected chi connectivity index (χ1v) is 7.32. The molecule has 1 aliphatic heterocycles. The number of benzene rings is 1. The normalized spacial score (nSPS) is 23.2. The van der Waals surface area contributed by atoms with E-state index < -0.39 is 30.4 Å². The van der Waals surface area contributed by atoms with E-state index in [1.54, 1.807) is 12.2 Å². The lowest BCUT2D eigenvalue weighted by Gasteiger charge is -2.31. The van der Waals surface area contributed by atoms with Crippen molar-refractivity contribution in [3.05, 3.63) is 42.0 Å². The molecule has 2 rings (SSSR count). The maximum atomic E-state index is 11.1. The van der Waals surface area contributed by atoms with Crippen LogP contribution < -0.4 is 4.74 Å². The average Bonchev–Trinajstić information content (AvgIpc) is 2.49. The van der Waals surface area contributed by atoms with Crippen LogP contribution in [0.4, 0.5) is 0 Å². The fourth-order valence-corrected chi connectivity index (χ4v) is 2.08. The smallest absolute Gasteiger partial charge is 0.303 e. The lowest BCUT2D eigenvalue weighted by atomic mass is 10.1. The fourth-order valence-electron chi connectivity index (χ4n) is 2.08. The Morgan fingerprint density at radius 3 is 2.39 bits per heavy atom. The third-order valence-corrected chi connectivity index (χ3v) is 3.16. The summed E-state index contributed by atoms with van der Waals surface area (Å²) in [4.78, 5) is 22.1. The molecule has 1 aromatic rings. The predicted octanol–water partition coefficient (Wildman–Crippen LogP) is 2.15. The first-order valence-electron chi connectivity index (χ1n) is 7.32. The monoisotopic (exact) mass is 320 g/mol. The van der Waals surface area contributed by atoms with Gasteiger partial charge < -0.3 is 18.9 Å². The average molecular weight is 320 g/mol. The van der Waals surface area contributed by atoms with Crippen LogP contribution in [0.25, 0.3) is 0 Å². The molecule has 1 aliphatic rings. The highest BCUT2D eigenvalue weighted by atomic mass is 16.7. The van der Waals surface area contributed by atoms with Gasteiger partial charge in [-0.15, -0.1) is 0 Å². The van der Waals surface area contributed by atoms with Gasteiger partial charge in [-0.1, -0.05) is 17.7 Å². The third kappa shape index (κ3) is 5.41. The zero-order valence-electron chi connectivity index (χ0n) is 13.4. The summed E-state index contributed by atoms with van der Waals surface area (Å²) in [5.74, 6) is -0.211. The summed E-state index contributed by atoms with van der Waals surface area (Å²) in [6.07, 6.45) is 1.45. The number of esters is 2. The molecule has 0 aliphatic carbocycles. The van der Waals surface area contributed by atoms with E-state index in [0.717, 1.165) is 5.56 Å². The standard InChI is InChI=1S/C17H20O6/c1-11-4-6-14(7-5-11)22-17-9-8-15(21-13(3)19)16(23-17)10-20-12(2)18/h4-9,15-17H,10H2,1-3H3/t15-,16+,17-/m0/s1.